The molecule has 25 heavy (non-hydrogen) atoms. The standard InChI is InChI=1S/C16H12ClFN2O5/c17-12-6-5-10(7-14(12)20(23)24)16(22)19-8-15(21)25-9-11-3-1-2-4-13(11)18/h1-7H,8-9H2,(H,19,22). The van der Waals surface area contributed by atoms with Crippen LogP contribution >= 0.6 is 11.6 Å². The predicted octanol–water partition coefficient (Wildman–Crippen LogP) is 2.86. The molecule has 1 amide bonds. The zero-order valence-electron chi connectivity index (χ0n) is 12.7. The molecule has 0 aliphatic heterocycles. The maximum atomic E-state index is 13.4. The van der Waals surface area contributed by atoms with Gasteiger partial charge >= 0.3 is 5.97 Å². The molecule has 7 nitrogen and oxygen atoms in total. The lowest BCUT2D eigenvalue weighted by atomic mass is 10.2. The van der Waals surface area contributed by atoms with Crippen LogP contribution in [0.4, 0.5) is 10.1 Å². The molecule has 0 spiro atoms. The normalized spacial score (nSPS) is 10.2. The number of rotatable bonds is 6. The Hall–Kier alpha value is -3.00. The third-order valence-electron chi connectivity index (χ3n) is 3.14. The van der Waals surface area contributed by atoms with Crippen LogP contribution in [0, 0.1) is 15.9 Å². The largest absolute Gasteiger partial charge is 0.459 e. The number of nitro benzene ring substituents is 1. The molecule has 0 aliphatic rings. The second-order valence-corrected chi connectivity index (χ2v) is 5.27. The monoisotopic (exact) mass is 366 g/mol. The van der Waals surface area contributed by atoms with Crippen molar-refractivity contribution in [3.8, 4) is 0 Å². The van der Waals surface area contributed by atoms with Crippen molar-refractivity contribution < 1.29 is 23.6 Å². The van der Waals surface area contributed by atoms with Crippen LogP contribution in [0.2, 0.25) is 5.02 Å². The summed E-state index contributed by atoms with van der Waals surface area (Å²) in [6.45, 7) is -0.739. The minimum absolute atomic E-state index is 0.0296. The van der Waals surface area contributed by atoms with Crippen LogP contribution in [-0.4, -0.2) is 23.3 Å². The highest BCUT2D eigenvalue weighted by molar-refractivity contribution is 6.32. The van der Waals surface area contributed by atoms with Crippen LogP contribution in [-0.2, 0) is 16.1 Å². The van der Waals surface area contributed by atoms with Crippen molar-refractivity contribution in [1.82, 2.24) is 5.32 Å². The molecule has 0 aliphatic carbocycles. The summed E-state index contributed by atoms with van der Waals surface area (Å²) in [7, 11) is 0. The number of benzene rings is 2. The first-order valence-electron chi connectivity index (χ1n) is 6.99. The summed E-state index contributed by atoms with van der Waals surface area (Å²) in [5.41, 5.74) is -0.245. The molecular formula is C16H12ClFN2O5. The highest BCUT2D eigenvalue weighted by Gasteiger charge is 2.17. The number of amides is 1. The van der Waals surface area contributed by atoms with Gasteiger partial charge in [-0.25, -0.2) is 4.39 Å². The Morgan fingerprint density at radius 2 is 1.96 bits per heavy atom. The van der Waals surface area contributed by atoms with Gasteiger partial charge in [-0.2, -0.15) is 0 Å². The number of nitrogens with one attached hydrogen (secondary N) is 1. The van der Waals surface area contributed by atoms with E-state index in [0.717, 1.165) is 6.07 Å². The molecule has 2 aromatic rings. The van der Waals surface area contributed by atoms with Crippen LogP contribution in [0.3, 0.4) is 0 Å². The van der Waals surface area contributed by atoms with E-state index in [1.807, 2.05) is 0 Å². The quantitative estimate of drug-likeness (QED) is 0.481. The van der Waals surface area contributed by atoms with Crippen molar-refractivity contribution in [2.45, 2.75) is 6.61 Å². The van der Waals surface area contributed by atoms with Gasteiger partial charge in [0.15, 0.2) is 0 Å². The zero-order valence-corrected chi connectivity index (χ0v) is 13.5. The van der Waals surface area contributed by atoms with Gasteiger partial charge in [0.05, 0.1) is 4.92 Å². The minimum atomic E-state index is -0.778. The number of halogens is 2. The van der Waals surface area contributed by atoms with Gasteiger partial charge in [-0.15, -0.1) is 0 Å². The van der Waals surface area contributed by atoms with Crippen molar-refractivity contribution in [1.29, 1.82) is 0 Å². The van der Waals surface area contributed by atoms with Crippen molar-refractivity contribution >= 4 is 29.2 Å². The first kappa shape index (κ1) is 18.3. The summed E-state index contributed by atoms with van der Waals surface area (Å²) in [6.07, 6.45) is 0. The molecule has 0 heterocycles. The lowest BCUT2D eigenvalue weighted by Crippen LogP contribution is -2.30. The maximum Gasteiger partial charge on any atom is 0.325 e. The van der Waals surface area contributed by atoms with E-state index in [4.69, 9.17) is 16.3 Å². The van der Waals surface area contributed by atoms with Gasteiger partial charge < -0.3 is 10.1 Å². The van der Waals surface area contributed by atoms with Crippen molar-refractivity contribution in [3.05, 3.63) is 74.5 Å². The Labute approximate surface area is 146 Å². The van der Waals surface area contributed by atoms with E-state index >= 15 is 0 Å². The number of hydrogen-bond acceptors (Lipinski definition) is 5. The summed E-state index contributed by atoms with van der Waals surface area (Å²) in [6, 6.07) is 9.31. The van der Waals surface area contributed by atoms with Gasteiger partial charge in [-0.1, -0.05) is 29.8 Å². The Bertz CT molecular complexity index is 828. The number of carbonyl (C=O) groups excluding carboxylic acids is 2. The predicted molar refractivity (Wildman–Crippen MR) is 86.6 cm³/mol. The number of nitrogens with zero attached hydrogens (tertiary/aromatic N) is 1. The SMILES string of the molecule is O=C(CNC(=O)c1ccc(Cl)c([N+](=O)[O-])c1)OCc1ccccc1F. The lowest BCUT2D eigenvalue weighted by Gasteiger charge is -2.07. The molecule has 0 fully saturated rings. The Morgan fingerprint density at radius 3 is 2.64 bits per heavy atom. The van der Waals surface area contributed by atoms with E-state index in [0.29, 0.717) is 0 Å². The third kappa shape index (κ3) is 4.98. The average molecular weight is 367 g/mol. The fourth-order valence-electron chi connectivity index (χ4n) is 1.87. The molecule has 1 N–H and O–H groups in total. The molecule has 0 atom stereocenters. The smallest absolute Gasteiger partial charge is 0.325 e. The van der Waals surface area contributed by atoms with Crippen molar-refractivity contribution in [3.63, 3.8) is 0 Å². The number of nitro groups is 1. The van der Waals surface area contributed by atoms with E-state index < -0.39 is 34.8 Å². The van der Waals surface area contributed by atoms with E-state index in [2.05, 4.69) is 5.32 Å². The van der Waals surface area contributed by atoms with E-state index in [1.165, 1.54) is 30.3 Å². The molecule has 0 saturated carbocycles. The van der Waals surface area contributed by atoms with E-state index in [1.54, 1.807) is 6.07 Å². The summed E-state index contributed by atoms with van der Waals surface area (Å²) in [5.74, 6) is -1.99. The number of ether oxygens (including phenoxy) is 1. The van der Waals surface area contributed by atoms with Gasteiger partial charge in [0.2, 0.25) is 0 Å². The fourth-order valence-corrected chi connectivity index (χ4v) is 2.06. The average Bonchev–Trinajstić information content (AvgIpc) is 2.59. The highest BCUT2D eigenvalue weighted by Crippen LogP contribution is 2.24. The highest BCUT2D eigenvalue weighted by atomic mass is 35.5. The first-order valence-corrected chi connectivity index (χ1v) is 7.37. The van der Waals surface area contributed by atoms with Crippen LogP contribution in [0.5, 0.6) is 0 Å². The molecule has 130 valence electrons. The molecule has 0 radical (unpaired) electrons. The maximum absolute atomic E-state index is 13.4. The first-order chi connectivity index (χ1) is 11.9. The third-order valence-corrected chi connectivity index (χ3v) is 3.46. The topological polar surface area (TPSA) is 98.5 Å². The van der Waals surface area contributed by atoms with Gasteiger partial charge in [-0.3, -0.25) is 19.7 Å². The summed E-state index contributed by atoms with van der Waals surface area (Å²) in [4.78, 5) is 33.6. The van der Waals surface area contributed by atoms with Gasteiger partial charge in [0, 0.05) is 17.2 Å². The second-order valence-electron chi connectivity index (χ2n) is 4.86. The molecule has 2 aromatic carbocycles. The fraction of sp³-hybridized carbons (Fsp3) is 0.125. The van der Waals surface area contributed by atoms with Gasteiger partial charge in [0.25, 0.3) is 11.6 Å². The summed E-state index contributed by atoms with van der Waals surface area (Å²) >= 11 is 5.66. The number of esters is 1. The van der Waals surface area contributed by atoms with E-state index in [9.17, 15) is 24.1 Å². The van der Waals surface area contributed by atoms with Crippen LogP contribution in [0.25, 0.3) is 0 Å². The van der Waals surface area contributed by atoms with E-state index in [-0.39, 0.29) is 22.8 Å². The molecule has 0 aromatic heterocycles. The number of carbonyl (C=O) groups is 2. The lowest BCUT2D eigenvalue weighted by molar-refractivity contribution is -0.384. The summed E-state index contributed by atoms with van der Waals surface area (Å²) < 4.78 is 18.2. The van der Waals surface area contributed by atoms with Gasteiger partial charge in [-0.05, 0) is 18.2 Å². The van der Waals surface area contributed by atoms with Crippen LogP contribution in [0.15, 0.2) is 42.5 Å². The molecular weight excluding hydrogens is 355 g/mol. The second kappa shape index (κ2) is 8.20. The molecule has 2 rings (SSSR count). The van der Waals surface area contributed by atoms with Crippen molar-refractivity contribution in [2.75, 3.05) is 6.54 Å². The van der Waals surface area contributed by atoms with Gasteiger partial charge in [0.1, 0.15) is 24.0 Å². The molecule has 0 bridgehead atoms. The molecule has 0 saturated heterocycles. The zero-order chi connectivity index (χ0) is 18.4. The minimum Gasteiger partial charge on any atom is -0.459 e. The van der Waals surface area contributed by atoms with Crippen molar-refractivity contribution in [2.24, 2.45) is 0 Å². The van der Waals surface area contributed by atoms with Crippen LogP contribution < -0.4 is 5.32 Å². The summed E-state index contributed by atoms with van der Waals surface area (Å²) in [5, 5.41) is 13.0. The molecule has 0 unspecified atom stereocenters. The Morgan fingerprint density at radius 1 is 1.24 bits per heavy atom. The molecule has 9 heteroatoms. The Kier molecular flexibility index (Phi) is 6.02. The number of hydrogen-bond donors (Lipinski definition) is 1. The van der Waals surface area contributed by atoms with Crippen LogP contribution in [0.1, 0.15) is 15.9 Å². The Balaban J connectivity index is 1.89.